The van der Waals surface area contributed by atoms with Gasteiger partial charge in [0.25, 0.3) is 5.91 Å². The lowest BCUT2D eigenvalue weighted by atomic mass is 10.1. The molecule has 0 bridgehead atoms. The van der Waals surface area contributed by atoms with Gasteiger partial charge in [0.05, 0.1) is 11.0 Å². The summed E-state index contributed by atoms with van der Waals surface area (Å²) in [4.78, 5) is 15.6. The lowest BCUT2D eigenvalue weighted by molar-refractivity contribution is 0.0147. The van der Waals surface area contributed by atoms with Gasteiger partial charge in [0.1, 0.15) is 0 Å². The second-order valence-corrected chi connectivity index (χ2v) is 6.34. The lowest BCUT2D eigenvalue weighted by Crippen LogP contribution is -2.40. The molecule has 1 aromatic rings. The summed E-state index contributed by atoms with van der Waals surface area (Å²) in [7, 11) is 0. The Morgan fingerprint density at radius 3 is 2.74 bits per heavy atom. The van der Waals surface area contributed by atoms with Crippen LogP contribution in [0, 0.1) is 0 Å². The van der Waals surface area contributed by atoms with Crippen LogP contribution >= 0.6 is 11.3 Å². The van der Waals surface area contributed by atoms with Crippen LogP contribution in [0.25, 0.3) is 0 Å². The van der Waals surface area contributed by atoms with Gasteiger partial charge >= 0.3 is 0 Å². The maximum Gasteiger partial charge on any atom is 0.264 e. The van der Waals surface area contributed by atoms with Crippen molar-refractivity contribution in [3.63, 3.8) is 0 Å². The van der Waals surface area contributed by atoms with Gasteiger partial charge in [0.2, 0.25) is 0 Å². The number of thiophene rings is 1. The first-order valence-corrected chi connectivity index (χ1v) is 8.15. The van der Waals surface area contributed by atoms with Crippen LogP contribution in [-0.2, 0) is 4.74 Å². The standard InChI is InChI=1S/C15H21NO2S/c1-2-18-12-5-8-16(9-6-12)15(17)14-13(7-10-19-14)11-3-4-11/h7,10-12H,2-6,8-9H2,1H3. The Kier molecular flexibility index (Phi) is 3.89. The summed E-state index contributed by atoms with van der Waals surface area (Å²) in [5, 5.41) is 2.06. The number of nitrogens with zero attached hydrogens (tertiary/aromatic N) is 1. The fourth-order valence-corrected chi connectivity index (χ4v) is 3.77. The highest BCUT2D eigenvalue weighted by molar-refractivity contribution is 7.12. The number of rotatable bonds is 4. The molecule has 3 rings (SSSR count). The van der Waals surface area contributed by atoms with Gasteiger partial charge < -0.3 is 9.64 Å². The molecule has 1 amide bonds. The fraction of sp³-hybridized carbons (Fsp3) is 0.667. The highest BCUT2D eigenvalue weighted by atomic mass is 32.1. The molecule has 2 heterocycles. The average Bonchev–Trinajstić information content (AvgIpc) is 3.17. The minimum absolute atomic E-state index is 0.242. The summed E-state index contributed by atoms with van der Waals surface area (Å²) in [6.07, 6.45) is 4.81. The van der Waals surface area contributed by atoms with E-state index >= 15 is 0 Å². The number of ether oxygens (including phenoxy) is 1. The van der Waals surface area contributed by atoms with Crippen molar-refractivity contribution in [2.75, 3.05) is 19.7 Å². The Morgan fingerprint density at radius 2 is 2.11 bits per heavy atom. The highest BCUT2D eigenvalue weighted by Crippen LogP contribution is 2.43. The molecule has 0 unspecified atom stereocenters. The molecular formula is C15H21NO2S. The molecule has 0 atom stereocenters. The third-order valence-corrected chi connectivity index (χ3v) is 4.96. The van der Waals surface area contributed by atoms with Crippen molar-refractivity contribution in [3.05, 3.63) is 21.9 Å². The van der Waals surface area contributed by atoms with Crippen molar-refractivity contribution in [1.82, 2.24) is 4.90 Å². The number of carbonyl (C=O) groups is 1. The quantitative estimate of drug-likeness (QED) is 0.846. The molecule has 0 radical (unpaired) electrons. The number of carbonyl (C=O) groups excluding carboxylic acids is 1. The summed E-state index contributed by atoms with van der Waals surface area (Å²) < 4.78 is 5.64. The van der Waals surface area contributed by atoms with Crippen LogP contribution in [0.5, 0.6) is 0 Å². The Balaban J connectivity index is 1.63. The van der Waals surface area contributed by atoms with E-state index in [4.69, 9.17) is 4.74 Å². The van der Waals surface area contributed by atoms with Gasteiger partial charge in [-0.25, -0.2) is 0 Å². The maximum absolute atomic E-state index is 12.6. The maximum atomic E-state index is 12.6. The summed E-state index contributed by atoms with van der Waals surface area (Å²) in [6.45, 7) is 4.48. The van der Waals surface area contributed by atoms with Crippen molar-refractivity contribution in [2.45, 2.75) is 44.6 Å². The Morgan fingerprint density at radius 1 is 1.37 bits per heavy atom. The molecule has 1 aliphatic carbocycles. The zero-order valence-corrected chi connectivity index (χ0v) is 12.2. The minimum atomic E-state index is 0.242. The normalized spacial score (nSPS) is 20.8. The van der Waals surface area contributed by atoms with Crippen LogP contribution < -0.4 is 0 Å². The second kappa shape index (κ2) is 5.63. The zero-order chi connectivity index (χ0) is 13.2. The number of hydrogen-bond donors (Lipinski definition) is 0. The third kappa shape index (κ3) is 2.84. The molecule has 2 fully saturated rings. The van der Waals surface area contributed by atoms with E-state index in [1.807, 2.05) is 11.8 Å². The Labute approximate surface area is 118 Å². The first-order chi connectivity index (χ1) is 9.29. The molecular weight excluding hydrogens is 258 g/mol. The minimum Gasteiger partial charge on any atom is -0.378 e. The molecule has 4 heteroatoms. The van der Waals surface area contributed by atoms with E-state index in [1.54, 1.807) is 11.3 Å². The summed E-state index contributed by atoms with van der Waals surface area (Å²) in [5.41, 5.74) is 1.29. The largest absolute Gasteiger partial charge is 0.378 e. The Hall–Kier alpha value is -0.870. The second-order valence-electron chi connectivity index (χ2n) is 5.43. The molecule has 0 N–H and O–H groups in total. The molecule has 0 spiro atoms. The molecule has 1 aliphatic heterocycles. The van der Waals surface area contributed by atoms with Crippen LogP contribution in [0.4, 0.5) is 0 Å². The predicted octanol–water partition coefficient (Wildman–Crippen LogP) is 3.27. The van der Waals surface area contributed by atoms with E-state index in [-0.39, 0.29) is 5.91 Å². The van der Waals surface area contributed by atoms with Crippen molar-refractivity contribution >= 4 is 17.2 Å². The topological polar surface area (TPSA) is 29.5 Å². The molecule has 2 aliphatic rings. The molecule has 19 heavy (non-hydrogen) atoms. The number of piperidine rings is 1. The van der Waals surface area contributed by atoms with Gasteiger partial charge in [-0.2, -0.15) is 0 Å². The number of amides is 1. The van der Waals surface area contributed by atoms with Crippen molar-refractivity contribution < 1.29 is 9.53 Å². The van der Waals surface area contributed by atoms with Crippen molar-refractivity contribution in [1.29, 1.82) is 0 Å². The average molecular weight is 279 g/mol. The molecule has 3 nitrogen and oxygen atoms in total. The van der Waals surface area contributed by atoms with Gasteiger partial charge in [-0.15, -0.1) is 11.3 Å². The van der Waals surface area contributed by atoms with E-state index in [0.717, 1.165) is 37.4 Å². The third-order valence-electron chi connectivity index (χ3n) is 4.04. The van der Waals surface area contributed by atoms with Crippen LogP contribution in [0.1, 0.15) is 53.8 Å². The fourth-order valence-electron chi connectivity index (χ4n) is 2.81. The lowest BCUT2D eigenvalue weighted by Gasteiger charge is -2.31. The molecule has 1 aromatic heterocycles. The summed E-state index contributed by atoms with van der Waals surface area (Å²) in [5.74, 6) is 0.901. The molecule has 104 valence electrons. The smallest absolute Gasteiger partial charge is 0.264 e. The van der Waals surface area contributed by atoms with Crippen LogP contribution in [0.3, 0.4) is 0 Å². The molecule has 1 saturated heterocycles. The van der Waals surface area contributed by atoms with E-state index in [0.29, 0.717) is 12.0 Å². The van der Waals surface area contributed by atoms with E-state index in [1.165, 1.54) is 18.4 Å². The number of likely N-dealkylation sites (tertiary alicyclic amines) is 1. The number of hydrogen-bond acceptors (Lipinski definition) is 3. The zero-order valence-electron chi connectivity index (χ0n) is 11.4. The van der Waals surface area contributed by atoms with Gasteiger partial charge in [0.15, 0.2) is 0 Å². The molecule has 1 saturated carbocycles. The van der Waals surface area contributed by atoms with E-state index in [2.05, 4.69) is 11.4 Å². The van der Waals surface area contributed by atoms with Gasteiger partial charge in [0, 0.05) is 19.7 Å². The van der Waals surface area contributed by atoms with Crippen LogP contribution in [-0.4, -0.2) is 36.6 Å². The Bertz CT molecular complexity index is 445. The van der Waals surface area contributed by atoms with Crippen LogP contribution in [0.15, 0.2) is 11.4 Å². The monoisotopic (exact) mass is 279 g/mol. The van der Waals surface area contributed by atoms with E-state index in [9.17, 15) is 4.79 Å². The highest BCUT2D eigenvalue weighted by Gasteiger charge is 2.31. The predicted molar refractivity (Wildman–Crippen MR) is 76.8 cm³/mol. The van der Waals surface area contributed by atoms with Gasteiger partial charge in [-0.3, -0.25) is 4.79 Å². The van der Waals surface area contributed by atoms with Crippen molar-refractivity contribution in [3.8, 4) is 0 Å². The first-order valence-electron chi connectivity index (χ1n) is 7.28. The van der Waals surface area contributed by atoms with Crippen LogP contribution in [0.2, 0.25) is 0 Å². The summed E-state index contributed by atoms with van der Waals surface area (Å²) >= 11 is 1.61. The van der Waals surface area contributed by atoms with Crippen molar-refractivity contribution in [2.24, 2.45) is 0 Å². The molecule has 0 aromatic carbocycles. The van der Waals surface area contributed by atoms with Gasteiger partial charge in [-0.1, -0.05) is 0 Å². The first kappa shape index (κ1) is 13.1. The summed E-state index contributed by atoms with van der Waals surface area (Å²) in [6, 6.07) is 2.14. The SMILES string of the molecule is CCOC1CCN(C(=O)c2sccc2C2CC2)CC1. The van der Waals surface area contributed by atoms with E-state index < -0.39 is 0 Å². The van der Waals surface area contributed by atoms with Gasteiger partial charge in [-0.05, 0) is 55.5 Å².